The van der Waals surface area contributed by atoms with Gasteiger partial charge in [0.2, 0.25) is 5.28 Å². The Hall–Kier alpha value is -1.87. The van der Waals surface area contributed by atoms with E-state index in [1.165, 1.54) is 6.07 Å². The van der Waals surface area contributed by atoms with Gasteiger partial charge in [0, 0.05) is 0 Å². The number of para-hydroxylation sites is 1. The van der Waals surface area contributed by atoms with Crippen molar-refractivity contribution < 1.29 is 21.6 Å². The SMILES string of the molecule is O=S(=O)(Nc1ccccc1C(F)(F)F)c1cnc(Cl)nc1. The van der Waals surface area contributed by atoms with E-state index in [-0.39, 0.29) is 5.28 Å². The molecule has 0 amide bonds. The highest BCUT2D eigenvalue weighted by Crippen LogP contribution is 2.35. The smallest absolute Gasteiger partial charge is 0.279 e. The molecule has 2 aromatic rings. The van der Waals surface area contributed by atoms with E-state index in [4.69, 9.17) is 11.6 Å². The molecule has 1 heterocycles. The van der Waals surface area contributed by atoms with Crippen LogP contribution < -0.4 is 4.72 Å². The first kappa shape index (κ1) is 15.5. The molecule has 0 aliphatic heterocycles. The predicted octanol–water partition coefficient (Wildman–Crippen LogP) is 2.95. The molecule has 0 spiro atoms. The van der Waals surface area contributed by atoms with Gasteiger partial charge in [-0.15, -0.1) is 0 Å². The number of alkyl halides is 3. The summed E-state index contributed by atoms with van der Waals surface area (Å²) < 4.78 is 64.2. The molecule has 0 bridgehead atoms. The Kier molecular flexibility index (Phi) is 4.06. The number of nitrogens with zero attached hydrogens (tertiary/aromatic N) is 2. The van der Waals surface area contributed by atoms with E-state index in [2.05, 4.69) is 9.97 Å². The molecule has 10 heteroatoms. The summed E-state index contributed by atoms with van der Waals surface area (Å²) in [6.45, 7) is 0. The summed E-state index contributed by atoms with van der Waals surface area (Å²) in [4.78, 5) is 6.54. The number of aromatic nitrogens is 2. The highest BCUT2D eigenvalue weighted by molar-refractivity contribution is 7.92. The molecule has 1 aromatic heterocycles. The van der Waals surface area contributed by atoms with Crippen LogP contribution in [0.2, 0.25) is 5.28 Å². The van der Waals surface area contributed by atoms with E-state index < -0.39 is 32.3 Å². The molecule has 5 nitrogen and oxygen atoms in total. The van der Waals surface area contributed by atoms with Crippen LogP contribution in [0.1, 0.15) is 5.56 Å². The van der Waals surface area contributed by atoms with Crippen LogP contribution in [0.3, 0.4) is 0 Å². The second-order valence-corrected chi connectivity index (χ2v) is 5.86. The van der Waals surface area contributed by atoms with Crippen molar-refractivity contribution in [3.05, 3.63) is 47.5 Å². The van der Waals surface area contributed by atoms with Crippen LogP contribution in [0.25, 0.3) is 0 Å². The maximum atomic E-state index is 12.8. The van der Waals surface area contributed by atoms with Crippen molar-refractivity contribution in [1.82, 2.24) is 9.97 Å². The van der Waals surface area contributed by atoms with Crippen LogP contribution in [-0.2, 0) is 16.2 Å². The monoisotopic (exact) mass is 337 g/mol. The van der Waals surface area contributed by atoms with Gasteiger partial charge < -0.3 is 0 Å². The lowest BCUT2D eigenvalue weighted by Crippen LogP contribution is -2.17. The minimum atomic E-state index is -4.68. The molecule has 0 aliphatic rings. The van der Waals surface area contributed by atoms with E-state index in [0.29, 0.717) is 0 Å². The van der Waals surface area contributed by atoms with Gasteiger partial charge in [-0.2, -0.15) is 13.2 Å². The first-order chi connectivity index (χ1) is 9.70. The second-order valence-electron chi connectivity index (χ2n) is 3.84. The largest absolute Gasteiger partial charge is 0.418 e. The number of anilines is 1. The normalized spacial score (nSPS) is 12.2. The Balaban J connectivity index is 2.40. The third-order valence-corrected chi connectivity index (χ3v) is 3.90. The number of sulfonamides is 1. The Morgan fingerprint density at radius 2 is 1.67 bits per heavy atom. The maximum absolute atomic E-state index is 12.8. The average molecular weight is 338 g/mol. The van der Waals surface area contributed by atoms with Crippen molar-refractivity contribution >= 4 is 27.3 Å². The molecule has 0 radical (unpaired) electrons. The number of halogens is 4. The highest BCUT2D eigenvalue weighted by Gasteiger charge is 2.34. The third-order valence-electron chi connectivity index (χ3n) is 2.38. The van der Waals surface area contributed by atoms with Crippen LogP contribution >= 0.6 is 11.6 Å². The highest BCUT2D eigenvalue weighted by atomic mass is 35.5. The summed E-state index contributed by atoms with van der Waals surface area (Å²) in [6.07, 6.45) is -2.89. The molecule has 0 aliphatic carbocycles. The zero-order valence-electron chi connectivity index (χ0n) is 10.1. The lowest BCUT2D eigenvalue weighted by Gasteiger charge is -2.14. The zero-order valence-corrected chi connectivity index (χ0v) is 11.7. The molecule has 2 rings (SSSR count). The average Bonchev–Trinajstić information content (AvgIpc) is 2.38. The van der Waals surface area contributed by atoms with Gasteiger partial charge in [-0.3, -0.25) is 4.72 Å². The quantitative estimate of drug-likeness (QED) is 0.874. The van der Waals surface area contributed by atoms with Crippen molar-refractivity contribution in [2.75, 3.05) is 4.72 Å². The van der Waals surface area contributed by atoms with Crippen LogP contribution in [0.5, 0.6) is 0 Å². The van der Waals surface area contributed by atoms with Gasteiger partial charge in [0.1, 0.15) is 4.90 Å². The van der Waals surface area contributed by atoms with Gasteiger partial charge in [-0.1, -0.05) is 12.1 Å². The molecule has 0 unspecified atom stereocenters. The number of benzene rings is 1. The molecule has 1 N–H and O–H groups in total. The minimum absolute atomic E-state index is 0.176. The standard InChI is InChI=1S/C11H7ClF3N3O2S/c12-10-16-5-7(6-17-10)21(19,20)18-9-4-2-1-3-8(9)11(13,14)15/h1-6,18H. The fourth-order valence-corrected chi connectivity index (χ4v) is 2.53. The molecule has 0 saturated heterocycles. The molecule has 112 valence electrons. The Morgan fingerprint density at radius 1 is 1.10 bits per heavy atom. The van der Waals surface area contributed by atoms with Gasteiger partial charge >= 0.3 is 6.18 Å². The first-order valence-corrected chi connectivity index (χ1v) is 7.23. The van der Waals surface area contributed by atoms with E-state index in [1.54, 1.807) is 0 Å². The van der Waals surface area contributed by atoms with Gasteiger partial charge in [0.05, 0.1) is 23.6 Å². The molecular formula is C11H7ClF3N3O2S. The summed E-state index contributed by atoms with van der Waals surface area (Å²) in [6, 6.07) is 4.23. The number of rotatable bonds is 3. The number of nitrogens with one attached hydrogen (secondary N) is 1. The summed E-state index contributed by atoms with van der Waals surface area (Å²) in [5, 5.41) is -0.176. The molecule has 0 saturated carbocycles. The van der Waals surface area contributed by atoms with Gasteiger partial charge in [0.25, 0.3) is 10.0 Å². The van der Waals surface area contributed by atoms with Gasteiger partial charge in [-0.05, 0) is 23.7 Å². The first-order valence-electron chi connectivity index (χ1n) is 5.37. The van der Waals surface area contributed by atoms with Gasteiger partial charge in [0.15, 0.2) is 0 Å². The fraction of sp³-hybridized carbons (Fsp3) is 0.0909. The summed E-state index contributed by atoms with van der Waals surface area (Å²) in [7, 11) is -4.25. The Bertz CT molecular complexity index is 748. The molecule has 1 aromatic carbocycles. The third kappa shape index (κ3) is 3.61. The van der Waals surface area contributed by atoms with Crippen molar-refractivity contribution in [3.8, 4) is 0 Å². The number of hydrogen-bond donors (Lipinski definition) is 1. The van der Waals surface area contributed by atoms with Crippen molar-refractivity contribution in [1.29, 1.82) is 0 Å². The topological polar surface area (TPSA) is 72.0 Å². The fourth-order valence-electron chi connectivity index (χ4n) is 1.46. The molecule has 0 fully saturated rings. The van der Waals surface area contributed by atoms with Crippen LogP contribution in [0.4, 0.5) is 18.9 Å². The molecule has 0 atom stereocenters. The molecule has 21 heavy (non-hydrogen) atoms. The summed E-state index contributed by atoms with van der Waals surface area (Å²) in [5.41, 5.74) is -1.68. The maximum Gasteiger partial charge on any atom is 0.418 e. The van der Waals surface area contributed by atoms with Crippen LogP contribution in [-0.4, -0.2) is 18.4 Å². The Labute approximate surface area is 122 Å². The lowest BCUT2D eigenvalue weighted by atomic mass is 10.2. The van der Waals surface area contributed by atoms with Crippen molar-refractivity contribution in [3.63, 3.8) is 0 Å². The number of hydrogen-bond acceptors (Lipinski definition) is 4. The summed E-state index contributed by atoms with van der Waals surface area (Å²) in [5.74, 6) is 0. The lowest BCUT2D eigenvalue weighted by molar-refractivity contribution is -0.136. The van der Waals surface area contributed by atoms with Crippen LogP contribution in [0.15, 0.2) is 41.6 Å². The summed E-state index contributed by atoms with van der Waals surface area (Å²) >= 11 is 5.42. The van der Waals surface area contributed by atoms with Crippen molar-refractivity contribution in [2.45, 2.75) is 11.1 Å². The Morgan fingerprint density at radius 3 is 2.24 bits per heavy atom. The molecular weight excluding hydrogens is 331 g/mol. The van der Waals surface area contributed by atoms with Crippen LogP contribution in [0, 0.1) is 0 Å². The van der Waals surface area contributed by atoms with E-state index in [0.717, 1.165) is 30.6 Å². The van der Waals surface area contributed by atoms with E-state index >= 15 is 0 Å². The van der Waals surface area contributed by atoms with E-state index in [1.807, 2.05) is 4.72 Å². The van der Waals surface area contributed by atoms with Gasteiger partial charge in [-0.25, -0.2) is 18.4 Å². The zero-order chi connectivity index (χ0) is 15.7. The second kappa shape index (κ2) is 5.49. The minimum Gasteiger partial charge on any atom is -0.279 e. The predicted molar refractivity (Wildman–Crippen MR) is 69.3 cm³/mol. The van der Waals surface area contributed by atoms with Crippen molar-refractivity contribution in [2.24, 2.45) is 0 Å². The van der Waals surface area contributed by atoms with E-state index in [9.17, 15) is 21.6 Å².